The minimum Gasteiger partial charge on any atom is -0.378 e. The van der Waals surface area contributed by atoms with Gasteiger partial charge in [0, 0.05) is 31.9 Å². The number of rotatable bonds is 8. The average molecular weight is 479 g/mol. The van der Waals surface area contributed by atoms with Crippen LogP contribution in [0.1, 0.15) is 22.8 Å². The number of hydrogen-bond donors (Lipinski definition) is 2. The molecule has 3 N–H and O–H groups in total. The minimum absolute atomic E-state index is 0.150. The number of sulfonamides is 1. The molecule has 0 bridgehead atoms. The third-order valence-corrected chi connectivity index (χ3v) is 6.20. The van der Waals surface area contributed by atoms with Crippen molar-refractivity contribution in [3.05, 3.63) is 59.4 Å². The van der Waals surface area contributed by atoms with Gasteiger partial charge in [0.25, 0.3) is 5.91 Å². The van der Waals surface area contributed by atoms with Gasteiger partial charge in [-0.15, -0.1) is 0 Å². The largest absolute Gasteiger partial charge is 0.378 e. The Kier molecular flexibility index (Phi) is 8.01. The summed E-state index contributed by atoms with van der Waals surface area (Å²) in [6, 6.07) is 9.90. The Morgan fingerprint density at radius 1 is 1.15 bits per heavy atom. The molecule has 2 amide bonds. The van der Waals surface area contributed by atoms with Crippen LogP contribution in [0.2, 0.25) is 0 Å². The van der Waals surface area contributed by atoms with E-state index in [-0.39, 0.29) is 35.9 Å². The number of nitrogens with zero attached hydrogens (tertiary/aromatic N) is 2. The first kappa shape index (κ1) is 24.6. The summed E-state index contributed by atoms with van der Waals surface area (Å²) < 4.78 is 42.2. The Bertz CT molecular complexity index is 1100. The number of nitrogens with one attached hydrogen (secondary N) is 1. The van der Waals surface area contributed by atoms with Gasteiger partial charge in [0.2, 0.25) is 15.9 Å². The molecule has 0 aliphatic carbocycles. The number of hydrogen-bond acceptors (Lipinski definition) is 6. The second-order valence-corrected chi connectivity index (χ2v) is 9.11. The first-order chi connectivity index (χ1) is 15.7. The molecule has 0 saturated carbocycles. The highest BCUT2D eigenvalue weighted by atomic mass is 32.2. The van der Waals surface area contributed by atoms with E-state index in [0.717, 1.165) is 5.56 Å². The zero-order valence-corrected chi connectivity index (χ0v) is 19.1. The summed E-state index contributed by atoms with van der Waals surface area (Å²) in [5.41, 5.74) is 1.42. The topological polar surface area (TPSA) is 122 Å². The number of likely N-dealkylation sites (N-methyl/N-ethyl adjacent to an activating group) is 1. The van der Waals surface area contributed by atoms with Gasteiger partial charge in [-0.25, -0.2) is 17.9 Å². The van der Waals surface area contributed by atoms with Crippen LogP contribution in [-0.4, -0.2) is 64.5 Å². The fourth-order valence-electron chi connectivity index (χ4n) is 3.47. The molecule has 1 aliphatic heterocycles. The van der Waals surface area contributed by atoms with E-state index in [1.165, 1.54) is 29.2 Å². The van der Waals surface area contributed by atoms with Gasteiger partial charge < -0.3 is 19.9 Å². The van der Waals surface area contributed by atoms with Gasteiger partial charge in [-0.1, -0.05) is 12.1 Å². The van der Waals surface area contributed by atoms with Crippen LogP contribution in [0.25, 0.3) is 0 Å². The molecule has 33 heavy (non-hydrogen) atoms. The number of nitrogens with two attached hydrogens (primary N) is 1. The molecular weight excluding hydrogens is 451 g/mol. The smallest absolute Gasteiger partial charge is 0.256 e. The number of carbonyl (C=O) groups is 2. The first-order valence-corrected chi connectivity index (χ1v) is 12.0. The lowest BCUT2D eigenvalue weighted by Crippen LogP contribution is -2.42. The van der Waals surface area contributed by atoms with Gasteiger partial charge in [-0.05, 0) is 42.8 Å². The number of halogens is 1. The Balaban J connectivity index is 1.79. The van der Waals surface area contributed by atoms with Crippen LogP contribution in [0.3, 0.4) is 0 Å². The summed E-state index contributed by atoms with van der Waals surface area (Å²) >= 11 is 0. The lowest BCUT2D eigenvalue weighted by Gasteiger charge is -2.31. The monoisotopic (exact) mass is 478 g/mol. The maximum Gasteiger partial charge on any atom is 0.256 e. The van der Waals surface area contributed by atoms with E-state index in [2.05, 4.69) is 5.32 Å². The normalized spacial score (nSPS) is 14.1. The predicted molar refractivity (Wildman–Crippen MR) is 121 cm³/mol. The third-order valence-electron chi connectivity index (χ3n) is 5.29. The zero-order valence-electron chi connectivity index (χ0n) is 18.3. The number of benzene rings is 2. The summed E-state index contributed by atoms with van der Waals surface area (Å²) in [6.45, 7) is 3.96. The fourth-order valence-corrected chi connectivity index (χ4v) is 4.01. The Morgan fingerprint density at radius 2 is 1.82 bits per heavy atom. The van der Waals surface area contributed by atoms with Gasteiger partial charge in [0.15, 0.2) is 0 Å². The number of anilines is 1. The molecular formula is C22H27FN4O5S. The molecule has 2 aromatic carbocycles. The lowest BCUT2D eigenvalue weighted by atomic mass is 10.1. The highest BCUT2D eigenvalue weighted by molar-refractivity contribution is 7.89. The second-order valence-electron chi connectivity index (χ2n) is 7.55. The number of amides is 2. The molecule has 1 fully saturated rings. The standard InChI is InChI=1S/C22H27FN4O5S/c1-2-26(15-21(28)25-14-16-3-5-17(23)6-4-16)22(29)19-13-18(33(24,30)31)7-8-20(19)27-9-11-32-12-10-27/h3-8,13H,2,9-12,14-15H2,1H3,(H,25,28)(H2,24,30,31). The second kappa shape index (κ2) is 10.7. The van der Waals surface area contributed by atoms with Crippen molar-refractivity contribution < 1.29 is 27.1 Å². The van der Waals surface area contributed by atoms with Crippen LogP contribution >= 0.6 is 0 Å². The van der Waals surface area contributed by atoms with E-state index in [1.54, 1.807) is 25.1 Å². The van der Waals surface area contributed by atoms with Gasteiger partial charge in [-0.2, -0.15) is 0 Å². The van der Waals surface area contributed by atoms with E-state index in [1.807, 2.05) is 4.90 Å². The Hall–Kier alpha value is -3.02. The van der Waals surface area contributed by atoms with Crippen molar-refractivity contribution in [2.75, 3.05) is 44.3 Å². The van der Waals surface area contributed by atoms with Crippen LogP contribution < -0.4 is 15.4 Å². The molecule has 1 aliphatic rings. The van der Waals surface area contributed by atoms with Crippen molar-refractivity contribution in [3.8, 4) is 0 Å². The highest BCUT2D eigenvalue weighted by Gasteiger charge is 2.25. The first-order valence-electron chi connectivity index (χ1n) is 10.5. The van der Waals surface area contributed by atoms with Crippen molar-refractivity contribution in [1.82, 2.24) is 10.2 Å². The minimum atomic E-state index is -4.02. The number of ether oxygens (including phenoxy) is 1. The van der Waals surface area contributed by atoms with Gasteiger partial charge in [0.1, 0.15) is 5.82 Å². The molecule has 0 aromatic heterocycles. The number of carbonyl (C=O) groups excluding carboxylic acids is 2. The molecule has 0 radical (unpaired) electrons. The summed E-state index contributed by atoms with van der Waals surface area (Å²) in [5.74, 6) is -1.25. The average Bonchev–Trinajstić information content (AvgIpc) is 2.81. The molecule has 2 aromatic rings. The summed E-state index contributed by atoms with van der Waals surface area (Å²) in [4.78, 5) is 28.9. The molecule has 178 valence electrons. The van der Waals surface area contributed by atoms with Crippen molar-refractivity contribution in [2.24, 2.45) is 5.14 Å². The quantitative estimate of drug-likeness (QED) is 0.586. The predicted octanol–water partition coefficient (Wildman–Crippen LogP) is 1.09. The summed E-state index contributed by atoms with van der Waals surface area (Å²) in [6.07, 6.45) is 0. The van der Waals surface area contributed by atoms with Crippen molar-refractivity contribution in [2.45, 2.75) is 18.4 Å². The number of morpholine rings is 1. The molecule has 0 atom stereocenters. The fraction of sp³-hybridized carbons (Fsp3) is 0.364. The zero-order chi connectivity index (χ0) is 24.0. The molecule has 3 rings (SSSR count). The maximum absolute atomic E-state index is 13.4. The third kappa shape index (κ3) is 6.50. The van der Waals surface area contributed by atoms with E-state index in [4.69, 9.17) is 9.88 Å². The molecule has 1 heterocycles. The van der Waals surface area contributed by atoms with E-state index in [0.29, 0.717) is 32.0 Å². The van der Waals surface area contributed by atoms with Crippen molar-refractivity contribution in [1.29, 1.82) is 0 Å². The van der Waals surface area contributed by atoms with Crippen LogP contribution in [0.15, 0.2) is 47.4 Å². The Morgan fingerprint density at radius 3 is 2.42 bits per heavy atom. The van der Waals surface area contributed by atoms with Crippen LogP contribution in [0.5, 0.6) is 0 Å². The van der Waals surface area contributed by atoms with E-state index in [9.17, 15) is 22.4 Å². The molecule has 0 unspecified atom stereocenters. The SMILES string of the molecule is CCN(CC(=O)NCc1ccc(F)cc1)C(=O)c1cc(S(N)(=O)=O)ccc1N1CCOCC1. The number of primary sulfonamides is 1. The van der Waals surface area contributed by atoms with E-state index >= 15 is 0 Å². The molecule has 11 heteroatoms. The van der Waals surface area contributed by atoms with Crippen molar-refractivity contribution >= 4 is 27.5 Å². The lowest BCUT2D eigenvalue weighted by molar-refractivity contribution is -0.121. The van der Waals surface area contributed by atoms with Crippen LogP contribution in [-0.2, 0) is 26.1 Å². The Labute approximate surface area is 192 Å². The summed E-state index contributed by atoms with van der Waals surface area (Å²) in [7, 11) is -4.02. The highest BCUT2D eigenvalue weighted by Crippen LogP contribution is 2.26. The summed E-state index contributed by atoms with van der Waals surface area (Å²) in [5, 5.41) is 7.98. The maximum atomic E-state index is 13.4. The van der Waals surface area contributed by atoms with Gasteiger partial charge >= 0.3 is 0 Å². The molecule has 1 saturated heterocycles. The van der Waals surface area contributed by atoms with Crippen molar-refractivity contribution in [3.63, 3.8) is 0 Å². The molecule has 0 spiro atoms. The van der Waals surface area contributed by atoms with Gasteiger partial charge in [0.05, 0.1) is 30.2 Å². The van der Waals surface area contributed by atoms with Gasteiger partial charge in [-0.3, -0.25) is 9.59 Å². The van der Waals surface area contributed by atoms with Crippen LogP contribution in [0, 0.1) is 5.82 Å². The molecule has 9 nitrogen and oxygen atoms in total. The van der Waals surface area contributed by atoms with Crippen LogP contribution in [0.4, 0.5) is 10.1 Å². The van der Waals surface area contributed by atoms with E-state index < -0.39 is 21.8 Å².